The number of halogens is 1. The van der Waals surface area contributed by atoms with Crippen LogP contribution < -0.4 is 4.90 Å². The van der Waals surface area contributed by atoms with Gasteiger partial charge in [0.05, 0.1) is 38.3 Å². The van der Waals surface area contributed by atoms with E-state index < -0.39 is 39.4 Å². The fraction of sp³-hybridized carbons (Fsp3) is 0.146. The molecular weight excluding hydrogens is 636 g/mol. The van der Waals surface area contributed by atoms with E-state index in [2.05, 4.69) is 0 Å². The van der Waals surface area contributed by atoms with Crippen LogP contribution in [0.3, 0.4) is 0 Å². The summed E-state index contributed by atoms with van der Waals surface area (Å²) in [6.07, 6.45) is 0. The number of carbonyl (C=O) groups is 3. The number of nitrogens with zero attached hydrogens (tertiary/aromatic N) is 2. The third-order valence-electron chi connectivity index (χ3n) is 10.5. The van der Waals surface area contributed by atoms with E-state index >= 15 is 14.4 Å². The zero-order valence-corrected chi connectivity index (χ0v) is 27.3. The third kappa shape index (κ3) is 3.99. The molecule has 2 amide bonds. The van der Waals surface area contributed by atoms with E-state index in [0.29, 0.717) is 22.3 Å². The van der Waals surface area contributed by atoms with Gasteiger partial charge in [0.15, 0.2) is 5.78 Å². The molecule has 3 aliphatic rings. The lowest BCUT2D eigenvalue weighted by atomic mass is 9.59. The highest BCUT2D eigenvalue weighted by molar-refractivity contribution is 6.41. The number of non-ortho nitro benzene ring substituents is 1. The van der Waals surface area contributed by atoms with E-state index in [0.717, 1.165) is 33.2 Å². The quantitative estimate of drug-likeness (QED) is 0.104. The van der Waals surface area contributed by atoms with Crippen molar-refractivity contribution in [3.8, 4) is 0 Å². The van der Waals surface area contributed by atoms with Gasteiger partial charge in [0, 0.05) is 12.1 Å². The van der Waals surface area contributed by atoms with E-state index in [-0.39, 0.29) is 22.2 Å². The number of Topliss-reactive ketones (excluding diaryl/α,β-unsaturated/α-hetero) is 1. The Morgan fingerprint density at radius 3 is 1.47 bits per heavy atom. The number of ketones is 1. The minimum Gasteiger partial charge on any atom is -0.297 e. The van der Waals surface area contributed by atoms with Crippen molar-refractivity contribution in [3.63, 3.8) is 0 Å². The van der Waals surface area contributed by atoms with Gasteiger partial charge in [-0.2, -0.15) is 0 Å². The molecule has 1 aliphatic heterocycles. The molecule has 0 N–H and O–H groups in total. The molecule has 7 nitrogen and oxygen atoms in total. The van der Waals surface area contributed by atoms with Crippen molar-refractivity contribution in [3.05, 3.63) is 176 Å². The topological polar surface area (TPSA) is 97.6 Å². The van der Waals surface area contributed by atoms with Crippen molar-refractivity contribution in [1.82, 2.24) is 0 Å². The molecule has 0 unspecified atom stereocenters. The molecular formula is C41H29ClN2O5. The number of rotatable bonds is 6. The smallest absolute Gasteiger partial charge is 0.271 e. The molecule has 0 spiro atoms. The van der Waals surface area contributed by atoms with Gasteiger partial charge in [-0.3, -0.25) is 24.5 Å². The standard InChI is InChI=1S/C41H29ClN2O5/c1-24-13-17-26(18-14-24)33-34(27-19-15-25(2)16-20-27)41(29-11-7-4-8-12-29)36-35(40(33,39(41)47)28-9-5-3-6-10-28)37(45)43(38(36)46)32-23-30(44(48)49)21-22-31(32)42/h3-23,35-36H,1-2H3/t35-,36-,40+,41+/m0/s1. The first-order chi connectivity index (χ1) is 23.6. The number of fused-ring (bicyclic) bond motifs is 5. The molecule has 5 aromatic carbocycles. The SMILES string of the molecule is Cc1ccc(C2=C(c3ccc(C)cc3)[C@@]3(c4ccccc4)C(=O)[C@@]2(c2ccccc2)[C@@H]2C(=O)N(c4cc([N+](=O)[O-])ccc4Cl)C(=O)[C@H]23)cc1. The molecule has 8 rings (SSSR count). The van der Waals surface area contributed by atoms with Gasteiger partial charge in [0.25, 0.3) is 5.69 Å². The molecule has 1 saturated carbocycles. The molecule has 0 aromatic heterocycles. The number of hydrogen-bond donors (Lipinski definition) is 0. The van der Waals surface area contributed by atoms with E-state index in [1.165, 1.54) is 12.1 Å². The summed E-state index contributed by atoms with van der Waals surface area (Å²) in [6.45, 7) is 3.97. The lowest BCUT2D eigenvalue weighted by Gasteiger charge is -2.39. The number of benzene rings is 5. The third-order valence-corrected chi connectivity index (χ3v) is 10.8. The maximum Gasteiger partial charge on any atom is 0.271 e. The van der Waals surface area contributed by atoms with Gasteiger partial charge in [0.2, 0.25) is 11.8 Å². The van der Waals surface area contributed by atoms with Crippen molar-refractivity contribution in [2.75, 3.05) is 4.90 Å². The number of allylic oxidation sites excluding steroid dienone is 2. The summed E-state index contributed by atoms with van der Waals surface area (Å²) in [5.41, 5.74) is 2.55. The summed E-state index contributed by atoms with van der Waals surface area (Å²) < 4.78 is 0. The number of hydrogen-bond acceptors (Lipinski definition) is 5. The van der Waals surface area contributed by atoms with Crippen molar-refractivity contribution in [2.45, 2.75) is 24.7 Å². The predicted octanol–water partition coefficient (Wildman–Crippen LogP) is 8.05. The minimum atomic E-state index is -1.59. The van der Waals surface area contributed by atoms with E-state index in [4.69, 9.17) is 11.6 Å². The molecule has 0 radical (unpaired) electrons. The molecule has 1 saturated heterocycles. The zero-order valence-electron chi connectivity index (χ0n) is 26.6. The summed E-state index contributed by atoms with van der Waals surface area (Å²) in [4.78, 5) is 58.5. The zero-order chi connectivity index (χ0) is 34.2. The van der Waals surface area contributed by atoms with E-state index in [1.807, 2.05) is 123 Å². The van der Waals surface area contributed by atoms with Crippen LogP contribution in [0.1, 0.15) is 33.4 Å². The summed E-state index contributed by atoms with van der Waals surface area (Å²) in [5.74, 6) is -3.84. The Morgan fingerprint density at radius 2 is 1.06 bits per heavy atom. The van der Waals surface area contributed by atoms with Gasteiger partial charge in [-0.25, -0.2) is 4.90 Å². The Balaban J connectivity index is 1.54. The van der Waals surface area contributed by atoms with Crippen LogP contribution in [0.15, 0.2) is 127 Å². The molecule has 2 fully saturated rings. The molecule has 5 aromatic rings. The van der Waals surface area contributed by atoms with Gasteiger partial charge >= 0.3 is 0 Å². The number of aryl methyl sites for hydroxylation is 2. The van der Waals surface area contributed by atoms with E-state index in [9.17, 15) is 10.1 Å². The fourth-order valence-corrected chi connectivity index (χ4v) is 8.79. The second-order valence-corrected chi connectivity index (χ2v) is 13.4. The van der Waals surface area contributed by atoms with Crippen molar-refractivity contribution in [1.29, 1.82) is 0 Å². The Labute approximate surface area is 287 Å². The van der Waals surface area contributed by atoms with Crippen molar-refractivity contribution < 1.29 is 19.3 Å². The lowest BCUT2D eigenvalue weighted by molar-refractivity contribution is -0.384. The number of carbonyl (C=O) groups excluding carboxylic acids is 3. The highest BCUT2D eigenvalue weighted by atomic mass is 35.5. The van der Waals surface area contributed by atoms with Gasteiger partial charge in [-0.15, -0.1) is 0 Å². The molecule has 8 heteroatoms. The van der Waals surface area contributed by atoms with E-state index in [1.54, 1.807) is 0 Å². The largest absolute Gasteiger partial charge is 0.297 e. The maximum absolute atomic E-state index is 16.0. The minimum absolute atomic E-state index is 0.0129. The summed E-state index contributed by atoms with van der Waals surface area (Å²) >= 11 is 6.62. The second-order valence-electron chi connectivity index (χ2n) is 13.0. The first-order valence-electron chi connectivity index (χ1n) is 16.0. The Kier molecular flexibility index (Phi) is 6.84. The van der Waals surface area contributed by atoms with Gasteiger partial charge < -0.3 is 0 Å². The molecule has 4 atom stereocenters. The van der Waals surface area contributed by atoms with Crippen LogP contribution in [0, 0.1) is 35.8 Å². The van der Waals surface area contributed by atoms with Crippen LogP contribution >= 0.6 is 11.6 Å². The summed E-state index contributed by atoms with van der Waals surface area (Å²) in [6, 6.07) is 38.0. The number of nitro groups is 1. The van der Waals surface area contributed by atoms with Crippen LogP contribution in [-0.2, 0) is 25.2 Å². The van der Waals surface area contributed by atoms with Crippen molar-refractivity contribution in [2.24, 2.45) is 11.8 Å². The number of anilines is 1. The van der Waals surface area contributed by atoms with Crippen LogP contribution in [-0.4, -0.2) is 22.5 Å². The molecule has 240 valence electrons. The van der Waals surface area contributed by atoms with Gasteiger partial charge in [0.1, 0.15) is 0 Å². The number of imide groups is 1. The van der Waals surface area contributed by atoms with Crippen molar-refractivity contribution >= 4 is 51.7 Å². The summed E-state index contributed by atoms with van der Waals surface area (Å²) in [5, 5.41) is 11.9. The van der Waals surface area contributed by atoms with Crippen LogP contribution in [0.25, 0.3) is 11.1 Å². The molecule has 2 bridgehead atoms. The van der Waals surface area contributed by atoms with Crippen LogP contribution in [0.2, 0.25) is 5.02 Å². The Hall–Kier alpha value is -5.66. The fourth-order valence-electron chi connectivity index (χ4n) is 8.59. The first-order valence-corrected chi connectivity index (χ1v) is 16.4. The molecule has 49 heavy (non-hydrogen) atoms. The highest BCUT2D eigenvalue weighted by Crippen LogP contribution is 2.74. The predicted molar refractivity (Wildman–Crippen MR) is 188 cm³/mol. The van der Waals surface area contributed by atoms with Crippen LogP contribution in [0.4, 0.5) is 11.4 Å². The average Bonchev–Trinajstić information content (AvgIpc) is 3.62. The Bertz CT molecular complexity index is 2120. The first kappa shape index (κ1) is 30.7. The lowest BCUT2D eigenvalue weighted by Crippen LogP contribution is -2.45. The number of nitro benzene ring substituents is 1. The highest BCUT2D eigenvalue weighted by Gasteiger charge is 2.82. The maximum atomic E-state index is 16.0. The monoisotopic (exact) mass is 664 g/mol. The Morgan fingerprint density at radius 1 is 0.633 bits per heavy atom. The van der Waals surface area contributed by atoms with Gasteiger partial charge in [-0.1, -0.05) is 132 Å². The average molecular weight is 665 g/mol. The van der Waals surface area contributed by atoms with Gasteiger partial charge in [-0.05, 0) is 53.3 Å². The molecule has 2 aliphatic carbocycles. The molecule has 1 heterocycles. The number of amides is 2. The van der Waals surface area contributed by atoms with Crippen LogP contribution in [0.5, 0.6) is 0 Å². The normalized spacial score (nSPS) is 24.1. The second kappa shape index (κ2) is 10.9. The summed E-state index contributed by atoms with van der Waals surface area (Å²) in [7, 11) is 0.